The Morgan fingerprint density at radius 1 is 1.00 bits per heavy atom. The molecule has 5 nitrogen and oxygen atoms in total. The van der Waals surface area contributed by atoms with Crippen molar-refractivity contribution >= 4 is 23.2 Å². The fourth-order valence-corrected chi connectivity index (χ4v) is 1.51. The molecule has 0 aliphatic carbocycles. The van der Waals surface area contributed by atoms with Gasteiger partial charge in [0.2, 0.25) is 5.91 Å². The summed E-state index contributed by atoms with van der Waals surface area (Å²) in [6, 6.07) is 6.51. The van der Waals surface area contributed by atoms with Crippen LogP contribution < -0.4 is 10.6 Å². The molecule has 22 heavy (non-hydrogen) atoms. The second-order valence-corrected chi connectivity index (χ2v) is 5.73. The van der Waals surface area contributed by atoms with Crippen molar-refractivity contribution in [1.82, 2.24) is 10.2 Å². The first-order valence-corrected chi connectivity index (χ1v) is 6.63. The topological polar surface area (TPSA) is 66.9 Å². The molecule has 7 heteroatoms. The number of anilines is 3. The van der Waals surface area contributed by atoms with Crippen molar-refractivity contribution in [3.63, 3.8) is 0 Å². The van der Waals surface area contributed by atoms with E-state index < -0.39 is 17.0 Å². The van der Waals surface area contributed by atoms with E-state index >= 15 is 0 Å². The largest absolute Gasteiger partial charge is 0.334 e. The molecule has 2 aromatic rings. The number of rotatable bonds is 3. The summed E-state index contributed by atoms with van der Waals surface area (Å²) >= 11 is 0. The molecule has 2 rings (SSSR count). The molecule has 0 radical (unpaired) electrons. The molecule has 1 amide bonds. The highest BCUT2D eigenvalue weighted by atomic mass is 19.1. The van der Waals surface area contributed by atoms with Gasteiger partial charge in [0, 0.05) is 5.41 Å². The normalized spacial score (nSPS) is 11.1. The summed E-state index contributed by atoms with van der Waals surface area (Å²) in [4.78, 5) is 11.8. The quantitative estimate of drug-likeness (QED) is 0.911. The molecule has 116 valence electrons. The molecule has 0 spiro atoms. The van der Waals surface area contributed by atoms with Crippen molar-refractivity contribution in [3.05, 3.63) is 42.0 Å². The Morgan fingerprint density at radius 2 is 1.55 bits per heavy atom. The molecule has 0 aliphatic heterocycles. The van der Waals surface area contributed by atoms with E-state index in [4.69, 9.17) is 0 Å². The fourth-order valence-electron chi connectivity index (χ4n) is 1.51. The maximum Gasteiger partial charge on any atom is 0.230 e. The minimum Gasteiger partial charge on any atom is -0.334 e. The molecule has 1 aromatic heterocycles. The molecule has 2 N–H and O–H groups in total. The van der Waals surface area contributed by atoms with Gasteiger partial charge >= 0.3 is 0 Å². The smallest absolute Gasteiger partial charge is 0.230 e. The van der Waals surface area contributed by atoms with Crippen LogP contribution in [0.1, 0.15) is 20.8 Å². The van der Waals surface area contributed by atoms with Crippen LogP contribution >= 0.6 is 0 Å². The molecule has 0 saturated heterocycles. The average molecular weight is 306 g/mol. The molecule has 0 bridgehead atoms. The summed E-state index contributed by atoms with van der Waals surface area (Å²) in [6.07, 6.45) is 0. The van der Waals surface area contributed by atoms with Gasteiger partial charge in [0.05, 0.1) is 0 Å². The Bertz CT molecular complexity index is 661. The Hall–Kier alpha value is -2.57. The molecular formula is C15H16F2N4O. The molecule has 0 aliphatic rings. The number of carbonyl (C=O) groups excluding carboxylic acids is 1. The molecule has 1 aromatic carbocycles. The number of hydrogen-bond donors (Lipinski definition) is 2. The Kier molecular flexibility index (Phi) is 4.35. The number of halogens is 2. The van der Waals surface area contributed by atoms with Crippen LogP contribution in [0.4, 0.5) is 26.1 Å². The number of benzene rings is 1. The van der Waals surface area contributed by atoms with E-state index in [2.05, 4.69) is 20.8 Å². The summed E-state index contributed by atoms with van der Waals surface area (Å²) < 4.78 is 27.0. The first-order chi connectivity index (χ1) is 10.3. The van der Waals surface area contributed by atoms with Crippen LogP contribution in [-0.4, -0.2) is 16.1 Å². The number of hydrogen-bond acceptors (Lipinski definition) is 4. The van der Waals surface area contributed by atoms with Gasteiger partial charge < -0.3 is 10.6 Å². The first-order valence-electron chi connectivity index (χ1n) is 6.63. The molecule has 0 atom stereocenters. The Balaban J connectivity index is 2.11. The van der Waals surface area contributed by atoms with Crippen LogP contribution in [0.25, 0.3) is 0 Å². The van der Waals surface area contributed by atoms with Gasteiger partial charge in [0.1, 0.15) is 17.3 Å². The van der Waals surface area contributed by atoms with Crippen LogP contribution in [0.15, 0.2) is 30.3 Å². The van der Waals surface area contributed by atoms with Gasteiger partial charge in [0.25, 0.3) is 0 Å². The van der Waals surface area contributed by atoms with Crippen LogP contribution in [-0.2, 0) is 4.79 Å². The van der Waals surface area contributed by atoms with Gasteiger partial charge in [-0.3, -0.25) is 4.79 Å². The minimum absolute atomic E-state index is 0.165. The highest BCUT2D eigenvalue weighted by Crippen LogP contribution is 2.22. The van der Waals surface area contributed by atoms with Gasteiger partial charge in [-0.15, -0.1) is 10.2 Å². The van der Waals surface area contributed by atoms with Gasteiger partial charge in [-0.1, -0.05) is 26.8 Å². The fraction of sp³-hybridized carbons (Fsp3) is 0.267. The third-order valence-electron chi connectivity index (χ3n) is 2.80. The zero-order chi connectivity index (χ0) is 16.3. The molecule has 0 fully saturated rings. The highest BCUT2D eigenvalue weighted by Gasteiger charge is 2.21. The zero-order valence-corrected chi connectivity index (χ0v) is 12.4. The SMILES string of the molecule is CC(C)(C)C(=O)Nc1ccc(Nc2c(F)cccc2F)nn1. The maximum absolute atomic E-state index is 13.5. The van der Waals surface area contributed by atoms with E-state index in [0.29, 0.717) is 0 Å². The van der Waals surface area contributed by atoms with Crippen LogP contribution in [0.5, 0.6) is 0 Å². The number of amides is 1. The number of nitrogens with one attached hydrogen (secondary N) is 2. The number of nitrogens with zero attached hydrogens (tertiary/aromatic N) is 2. The lowest BCUT2D eigenvalue weighted by Gasteiger charge is -2.16. The zero-order valence-electron chi connectivity index (χ0n) is 12.4. The molecule has 0 saturated carbocycles. The van der Waals surface area contributed by atoms with Gasteiger partial charge in [0.15, 0.2) is 11.6 Å². The van der Waals surface area contributed by atoms with Crippen molar-refractivity contribution in [1.29, 1.82) is 0 Å². The van der Waals surface area contributed by atoms with E-state index in [9.17, 15) is 13.6 Å². The average Bonchev–Trinajstić information content (AvgIpc) is 2.44. The summed E-state index contributed by atoms with van der Waals surface area (Å²) in [5.41, 5.74) is -0.863. The molecular weight excluding hydrogens is 290 g/mol. The predicted octanol–water partition coefficient (Wildman–Crippen LogP) is 3.48. The van der Waals surface area contributed by atoms with Crippen molar-refractivity contribution < 1.29 is 13.6 Å². The predicted molar refractivity (Wildman–Crippen MR) is 79.8 cm³/mol. The highest BCUT2D eigenvalue weighted by molar-refractivity contribution is 5.93. The van der Waals surface area contributed by atoms with Gasteiger partial charge in [-0.05, 0) is 24.3 Å². The third-order valence-corrected chi connectivity index (χ3v) is 2.80. The van der Waals surface area contributed by atoms with Crippen molar-refractivity contribution in [3.8, 4) is 0 Å². The second kappa shape index (κ2) is 6.05. The molecule has 0 unspecified atom stereocenters. The van der Waals surface area contributed by atoms with Gasteiger partial charge in [-0.2, -0.15) is 0 Å². The van der Waals surface area contributed by atoms with Crippen LogP contribution in [0.3, 0.4) is 0 Å². The van der Waals surface area contributed by atoms with E-state index in [0.717, 1.165) is 12.1 Å². The van der Waals surface area contributed by atoms with Crippen molar-refractivity contribution in [2.24, 2.45) is 5.41 Å². The Labute approximate surface area is 126 Å². The summed E-state index contributed by atoms with van der Waals surface area (Å²) in [7, 11) is 0. The third kappa shape index (κ3) is 3.75. The lowest BCUT2D eigenvalue weighted by Crippen LogP contribution is -2.28. The summed E-state index contributed by atoms with van der Waals surface area (Å²) in [5, 5.41) is 12.7. The lowest BCUT2D eigenvalue weighted by atomic mass is 9.96. The first kappa shape index (κ1) is 15.8. The Morgan fingerprint density at radius 3 is 2.05 bits per heavy atom. The number of carbonyl (C=O) groups is 1. The van der Waals surface area contributed by atoms with E-state index in [1.807, 2.05) is 0 Å². The standard InChI is InChI=1S/C15H16F2N4O/c1-15(2,3)14(22)19-12-8-7-11(20-21-12)18-13-9(16)5-4-6-10(13)17/h4-8H,1-3H3,(H,18,20)(H,19,21,22). The lowest BCUT2D eigenvalue weighted by molar-refractivity contribution is -0.123. The second-order valence-electron chi connectivity index (χ2n) is 5.73. The minimum atomic E-state index is -0.730. The van der Waals surface area contributed by atoms with Crippen LogP contribution in [0.2, 0.25) is 0 Å². The maximum atomic E-state index is 13.5. The van der Waals surface area contributed by atoms with Crippen molar-refractivity contribution in [2.45, 2.75) is 20.8 Å². The molecule has 1 heterocycles. The van der Waals surface area contributed by atoms with E-state index in [-0.39, 0.29) is 23.2 Å². The van der Waals surface area contributed by atoms with Crippen LogP contribution in [0, 0.1) is 17.0 Å². The monoisotopic (exact) mass is 306 g/mol. The number of para-hydroxylation sites is 1. The number of aromatic nitrogens is 2. The van der Waals surface area contributed by atoms with E-state index in [1.165, 1.54) is 18.2 Å². The van der Waals surface area contributed by atoms with Gasteiger partial charge in [-0.25, -0.2) is 8.78 Å². The summed E-state index contributed by atoms with van der Waals surface area (Å²) in [6.45, 7) is 5.31. The summed E-state index contributed by atoms with van der Waals surface area (Å²) in [5.74, 6) is -1.24. The van der Waals surface area contributed by atoms with Crippen molar-refractivity contribution in [2.75, 3.05) is 10.6 Å². The van der Waals surface area contributed by atoms with E-state index in [1.54, 1.807) is 20.8 Å².